The van der Waals surface area contributed by atoms with E-state index in [1.165, 1.54) is 0 Å². The van der Waals surface area contributed by atoms with Gasteiger partial charge in [-0.3, -0.25) is 0 Å². The molecule has 66 valence electrons. The topological polar surface area (TPSA) is 9.23 Å². The Morgan fingerprint density at radius 3 is 1.30 bits per heavy atom. The summed E-state index contributed by atoms with van der Waals surface area (Å²) in [7, 11) is 0. The molecule has 0 amide bonds. The smallest absolute Gasteiger partial charge is 1.00 e. The van der Waals surface area contributed by atoms with Crippen molar-refractivity contribution in [3.63, 3.8) is 0 Å². The van der Waals surface area contributed by atoms with E-state index in [0.717, 1.165) is 20.2 Å². The molecule has 0 atom stereocenters. The molecule has 0 unspecified atom stereocenters. The van der Waals surface area contributed by atoms with Crippen LogP contribution in [0.2, 0.25) is 0 Å². The second-order valence-corrected chi connectivity index (χ2v) is 1.74. The first-order valence-corrected chi connectivity index (χ1v) is 2.95. The monoisotopic (exact) mass is 438 g/mol. The molecule has 0 aliphatic carbocycles. The molecule has 0 aromatic rings. The van der Waals surface area contributed by atoms with Crippen LogP contribution in [0.5, 0.6) is 0 Å². The maximum Gasteiger partial charge on any atom is -1.00 e. The Hall–Kier alpha value is 2.39. The van der Waals surface area contributed by atoms with Crippen LogP contribution in [0.15, 0.2) is 0 Å². The van der Waals surface area contributed by atoms with E-state index >= 15 is 0 Å². The van der Waals surface area contributed by atoms with Gasteiger partial charge in [0.1, 0.15) is 0 Å². The van der Waals surface area contributed by atoms with Crippen LogP contribution in [0, 0.1) is 0 Å². The maximum absolute atomic E-state index is 5.19. The van der Waals surface area contributed by atoms with Crippen molar-refractivity contribution < 1.29 is 85.6 Å². The fourth-order valence-corrected chi connectivity index (χ4v) is 0.773. The Morgan fingerprint density at radius 2 is 1.30 bits per heavy atom. The third-order valence-electron chi connectivity index (χ3n) is 0.160. The van der Waals surface area contributed by atoms with Gasteiger partial charge in [-0.25, -0.2) is 0 Å². The first-order valence-electron chi connectivity index (χ1n) is 1.22. The van der Waals surface area contributed by atoms with E-state index in [1.807, 2.05) is 0 Å². The SMILES string of the molecule is ClCC[O][W+5].[Cl-].[Cl-].[Cl-].[Cl-].[Cl-]. The molecule has 0 aromatic carbocycles. The molecule has 0 aliphatic rings. The van der Waals surface area contributed by atoms with Crippen LogP contribution in [0.25, 0.3) is 0 Å². The molecule has 0 spiro atoms. The molecule has 0 bridgehead atoms. The van der Waals surface area contributed by atoms with Crippen molar-refractivity contribution >= 4 is 11.6 Å². The zero-order chi connectivity index (χ0) is 4.12. The van der Waals surface area contributed by atoms with E-state index in [0.29, 0.717) is 12.5 Å². The van der Waals surface area contributed by atoms with Gasteiger partial charge in [0.15, 0.2) is 0 Å². The quantitative estimate of drug-likeness (QED) is 0.388. The summed E-state index contributed by atoms with van der Waals surface area (Å²) in [6.45, 7) is 0.691. The Bertz CT molecular complexity index is 23.2. The molecule has 1 nitrogen and oxygen atoms in total. The van der Waals surface area contributed by atoms with Gasteiger partial charge in [0.2, 0.25) is 0 Å². The van der Waals surface area contributed by atoms with E-state index in [2.05, 4.69) is 3.39 Å². The zero-order valence-corrected chi connectivity index (χ0v) is 12.0. The summed E-state index contributed by atoms with van der Waals surface area (Å²) in [5, 5.41) is 0. The molecule has 8 heteroatoms. The number of hydrogen-bond donors (Lipinski definition) is 0. The maximum atomic E-state index is 5.19. The van der Waals surface area contributed by atoms with Gasteiger partial charge in [-0.2, -0.15) is 0 Å². The van der Waals surface area contributed by atoms with Crippen LogP contribution in [-0.4, -0.2) is 12.5 Å². The molecule has 0 aromatic heterocycles. The standard InChI is InChI=1S/C2H4ClO.5ClH.W/c3-1-2-4;;;;;;/h1-2H2;5*1H;/q-1;;;;;;+6/p-5. The Morgan fingerprint density at radius 1 is 1.00 bits per heavy atom. The van der Waals surface area contributed by atoms with Gasteiger partial charge in [-0.1, -0.05) is 0 Å². The van der Waals surface area contributed by atoms with E-state index in [9.17, 15) is 0 Å². The number of halogens is 6. The van der Waals surface area contributed by atoms with Gasteiger partial charge < -0.3 is 62.0 Å². The predicted molar refractivity (Wildman–Crippen MR) is 16.7 cm³/mol. The zero-order valence-electron chi connectivity index (χ0n) is 4.50. The summed E-state index contributed by atoms with van der Waals surface area (Å²) in [5.41, 5.74) is 0. The molecule has 0 aliphatic heterocycles. The largest absolute Gasteiger partial charge is 1.00 e. The van der Waals surface area contributed by atoms with Gasteiger partial charge in [-0.15, -0.1) is 0 Å². The van der Waals surface area contributed by atoms with Gasteiger partial charge in [0.25, 0.3) is 0 Å². The minimum Gasteiger partial charge on any atom is -1.00 e. The average molecular weight is 441 g/mol. The average Bonchev–Trinajstić information content (AvgIpc) is 1.41. The fraction of sp³-hybridized carbons (Fsp3) is 1.00. The molecular weight excluding hydrogens is 437 g/mol. The molecule has 0 fully saturated rings. The van der Waals surface area contributed by atoms with Crippen molar-refractivity contribution in [2.24, 2.45) is 0 Å². The summed E-state index contributed by atoms with van der Waals surface area (Å²) in [4.78, 5) is 0. The van der Waals surface area contributed by atoms with Gasteiger partial charge in [0, 0.05) is 0 Å². The third kappa shape index (κ3) is 47.5. The number of alkyl halides is 1. The van der Waals surface area contributed by atoms with Gasteiger partial charge in [0.05, 0.1) is 0 Å². The van der Waals surface area contributed by atoms with Crippen LogP contribution >= 0.6 is 11.6 Å². The van der Waals surface area contributed by atoms with Crippen molar-refractivity contribution in [2.75, 3.05) is 12.5 Å². The fourth-order valence-electron chi connectivity index (χ4n) is 0.0315. The molecule has 10 heavy (non-hydrogen) atoms. The second-order valence-electron chi connectivity index (χ2n) is 0.511. The van der Waals surface area contributed by atoms with Gasteiger partial charge >= 0.3 is 47.7 Å². The summed E-state index contributed by atoms with van der Waals surface area (Å²) >= 11 is 6.33. The van der Waals surface area contributed by atoms with Crippen LogP contribution in [0.1, 0.15) is 0 Å². The second kappa shape index (κ2) is 42.3. The first-order chi connectivity index (χ1) is 2.41. The summed E-state index contributed by atoms with van der Waals surface area (Å²) in [6.07, 6.45) is 0. The van der Waals surface area contributed by atoms with E-state index in [1.54, 1.807) is 0 Å². The number of hydrogen-bond acceptors (Lipinski definition) is 1. The molecule has 0 rings (SSSR count). The van der Waals surface area contributed by atoms with E-state index < -0.39 is 0 Å². The van der Waals surface area contributed by atoms with Gasteiger partial charge in [-0.05, 0) is 0 Å². The van der Waals surface area contributed by atoms with Crippen molar-refractivity contribution in [3.8, 4) is 0 Å². The summed E-state index contributed by atoms with van der Waals surface area (Å²) < 4.78 is 4.64. The van der Waals surface area contributed by atoms with Crippen LogP contribution in [0.4, 0.5) is 0 Å². The summed E-state index contributed by atoms with van der Waals surface area (Å²) in [6, 6.07) is 0. The Balaban J connectivity index is -0.00000000800. The Kier molecular flexibility index (Phi) is 167. The molecule has 0 radical (unpaired) electrons. The van der Waals surface area contributed by atoms with Crippen molar-refractivity contribution in [3.05, 3.63) is 0 Å². The molecule has 0 saturated heterocycles. The van der Waals surface area contributed by atoms with Crippen molar-refractivity contribution in [2.45, 2.75) is 0 Å². The van der Waals surface area contributed by atoms with Crippen LogP contribution in [-0.2, 0) is 23.6 Å². The van der Waals surface area contributed by atoms with E-state index in [-0.39, 0.29) is 62.0 Å². The van der Waals surface area contributed by atoms with Crippen LogP contribution in [0.3, 0.4) is 0 Å². The molecule has 0 saturated carbocycles. The van der Waals surface area contributed by atoms with Crippen molar-refractivity contribution in [1.29, 1.82) is 0 Å². The minimum absolute atomic E-state index is 0. The normalized spacial score (nSPS) is 4.30. The minimum atomic E-state index is 0. The van der Waals surface area contributed by atoms with Crippen LogP contribution < -0.4 is 62.0 Å². The summed E-state index contributed by atoms with van der Waals surface area (Å²) in [5.74, 6) is 0.615. The van der Waals surface area contributed by atoms with E-state index in [4.69, 9.17) is 11.6 Å². The predicted octanol–water partition coefficient (Wildman–Crippen LogP) is -14.3. The molecular formula is C2H4Cl6OW. The molecule has 0 N–H and O–H groups in total. The Labute approximate surface area is 109 Å². The first kappa shape index (κ1) is 39.4. The van der Waals surface area contributed by atoms with Crippen molar-refractivity contribution in [1.82, 2.24) is 0 Å². The third-order valence-corrected chi connectivity index (χ3v) is 0.914. The molecule has 0 heterocycles. The number of rotatable bonds is 2.